The number of nitrogens with zero attached hydrogens (tertiary/aromatic N) is 1. The monoisotopic (exact) mass is 899 g/mol. The third kappa shape index (κ3) is 5.34. The Kier molecular flexibility index (Phi) is 8.14. The van der Waals surface area contributed by atoms with E-state index in [1.807, 2.05) is 11.8 Å². The second-order valence-corrected chi connectivity index (χ2v) is 21.0. The zero-order chi connectivity index (χ0) is 45.6. The van der Waals surface area contributed by atoms with E-state index in [4.69, 9.17) is 4.74 Å². The molecule has 10 aromatic carbocycles. The highest BCUT2D eigenvalue weighted by Gasteiger charge is 2.52. The molecule has 0 saturated heterocycles. The Morgan fingerprint density at radius 1 is 0.449 bits per heavy atom. The van der Waals surface area contributed by atoms with Gasteiger partial charge < -0.3 is 9.64 Å². The number of allylic oxidation sites excluding steroid dienone is 3. The van der Waals surface area contributed by atoms with Crippen LogP contribution in [0.2, 0.25) is 0 Å². The zero-order valence-corrected chi connectivity index (χ0v) is 39.1. The molecule has 69 heavy (non-hydrogen) atoms. The van der Waals surface area contributed by atoms with Crippen molar-refractivity contribution in [1.82, 2.24) is 0 Å². The molecular formula is C66H45NOS. The van der Waals surface area contributed by atoms with Gasteiger partial charge in [-0.25, -0.2) is 0 Å². The number of anilines is 3. The Balaban J connectivity index is 0.888. The van der Waals surface area contributed by atoms with Crippen LogP contribution in [0.1, 0.15) is 58.7 Å². The summed E-state index contributed by atoms with van der Waals surface area (Å²) in [6, 6.07) is 75.1. The van der Waals surface area contributed by atoms with E-state index in [1.54, 1.807) is 0 Å². The predicted molar refractivity (Wildman–Crippen MR) is 287 cm³/mol. The first-order valence-corrected chi connectivity index (χ1v) is 25.1. The van der Waals surface area contributed by atoms with Crippen LogP contribution >= 0.6 is 11.8 Å². The molecule has 1 spiro atoms. The lowest BCUT2D eigenvalue weighted by Gasteiger charge is -2.40. The lowest BCUT2D eigenvalue weighted by molar-refractivity contribution is 0.447. The van der Waals surface area contributed by atoms with E-state index in [0.29, 0.717) is 11.2 Å². The van der Waals surface area contributed by atoms with Gasteiger partial charge >= 0.3 is 0 Å². The molecule has 0 saturated carbocycles. The molecule has 2 unspecified atom stereocenters. The SMILES string of the molecule is CC1(C)c2ccccc2-c2ccc(N(c3ccc(-c4ccc5c(c4)-c4ccccc4C54c5ccc6ccccc6c5Oc5c4ccc4ccccc54)cc3)c3cccc4c3SC3C=CC=CC43)cc21. The van der Waals surface area contributed by atoms with Gasteiger partial charge in [0.15, 0.2) is 0 Å². The molecule has 5 aliphatic rings. The summed E-state index contributed by atoms with van der Waals surface area (Å²) >= 11 is 2.00. The molecule has 3 aliphatic carbocycles. The molecule has 0 bridgehead atoms. The van der Waals surface area contributed by atoms with Crippen molar-refractivity contribution in [3.63, 3.8) is 0 Å². The van der Waals surface area contributed by atoms with Gasteiger partial charge in [0.25, 0.3) is 0 Å². The van der Waals surface area contributed by atoms with Crippen molar-refractivity contribution < 1.29 is 4.74 Å². The third-order valence-electron chi connectivity index (χ3n) is 16.1. The molecule has 0 radical (unpaired) electrons. The van der Waals surface area contributed by atoms with E-state index < -0.39 is 5.41 Å². The van der Waals surface area contributed by atoms with Crippen molar-refractivity contribution in [2.24, 2.45) is 0 Å². The van der Waals surface area contributed by atoms with Crippen molar-refractivity contribution in [1.29, 1.82) is 0 Å². The van der Waals surface area contributed by atoms with E-state index in [9.17, 15) is 0 Å². The van der Waals surface area contributed by atoms with Crippen molar-refractivity contribution in [2.45, 2.75) is 40.7 Å². The quantitative estimate of drug-likeness (QED) is 0.175. The van der Waals surface area contributed by atoms with E-state index in [1.165, 1.54) is 99.4 Å². The highest BCUT2D eigenvalue weighted by atomic mass is 32.2. The van der Waals surface area contributed by atoms with Crippen LogP contribution in [0.3, 0.4) is 0 Å². The maximum Gasteiger partial charge on any atom is 0.140 e. The number of rotatable bonds is 4. The Hall–Kier alpha value is -7.85. The Morgan fingerprint density at radius 3 is 1.80 bits per heavy atom. The van der Waals surface area contributed by atoms with E-state index in [2.05, 4.69) is 243 Å². The minimum Gasteiger partial charge on any atom is -0.455 e. The first-order chi connectivity index (χ1) is 34.0. The van der Waals surface area contributed by atoms with Gasteiger partial charge in [-0.1, -0.05) is 202 Å². The van der Waals surface area contributed by atoms with Crippen LogP contribution in [0.25, 0.3) is 54.9 Å². The van der Waals surface area contributed by atoms with Crippen LogP contribution < -0.4 is 9.64 Å². The fourth-order valence-corrected chi connectivity index (χ4v) is 14.3. The zero-order valence-electron chi connectivity index (χ0n) is 38.3. The molecular weight excluding hydrogens is 855 g/mol. The van der Waals surface area contributed by atoms with Gasteiger partial charge in [-0.3, -0.25) is 0 Å². The van der Waals surface area contributed by atoms with Gasteiger partial charge in [0, 0.05) is 54.8 Å². The normalized spacial score (nSPS) is 17.6. The minimum atomic E-state index is -0.575. The summed E-state index contributed by atoms with van der Waals surface area (Å²) in [5.74, 6) is 2.25. The van der Waals surface area contributed by atoms with Gasteiger partial charge in [0.2, 0.25) is 0 Å². The maximum atomic E-state index is 7.19. The summed E-state index contributed by atoms with van der Waals surface area (Å²) in [6.07, 6.45) is 9.16. The van der Waals surface area contributed by atoms with Gasteiger partial charge in [-0.15, -0.1) is 11.8 Å². The molecule has 2 atom stereocenters. The van der Waals surface area contributed by atoms with Gasteiger partial charge in [-0.05, 0) is 108 Å². The first kappa shape index (κ1) is 39.2. The van der Waals surface area contributed by atoms with Crippen LogP contribution in [0.4, 0.5) is 17.1 Å². The number of hydrogen-bond acceptors (Lipinski definition) is 3. The van der Waals surface area contributed by atoms with Crippen LogP contribution in [0.5, 0.6) is 11.5 Å². The number of thioether (sulfide) groups is 1. The topological polar surface area (TPSA) is 12.5 Å². The first-order valence-electron chi connectivity index (χ1n) is 24.2. The highest BCUT2D eigenvalue weighted by Crippen LogP contribution is 2.64. The average molecular weight is 900 g/mol. The summed E-state index contributed by atoms with van der Waals surface area (Å²) in [6.45, 7) is 4.75. The van der Waals surface area contributed by atoms with E-state index in [0.717, 1.165) is 28.0 Å². The standard InChI is InChI=1S/C66H45NOS/c1-65(2)54-22-10-7-18-48(54)50-34-33-45(39-59(50)65)67(60-24-13-21-52-51-20-9-12-25-61(51)69-64(52)60)44-31-26-40(27-32-44)43-30-35-56-53(38-43)49-19-8-11-23-55(49)66(56)57-36-28-41-14-3-5-16-46(41)62(57)68-63-47-17-6-4-15-42(47)29-37-58(63)66/h3-39,51,61H,1-2H3. The molecule has 2 aliphatic heterocycles. The number of ether oxygens (including phenoxy) is 1. The van der Waals surface area contributed by atoms with Gasteiger partial charge in [0.05, 0.1) is 11.1 Å². The fourth-order valence-electron chi connectivity index (χ4n) is 12.9. The third-order valence-corrected chi connectivity index (χ3v) is 17.5. The van der Waals surface area contributed by atoms with Crippen LogP contribution in [0, 0.1) is 0 Å². The smallest absolute Gasteiger partial charge is 0.140 e. The number of hydrogen-bond donors (Lipinski definition) is 0. The van der Waals surface area contributed by atoms with E-state index in [-0.39, 0.29) is 5.41 Å². The van der Waals surface area contributed by atoms with Crippen molar-refractivity contribution in [3.8, 4) is 44.9 Å². The lowest BCUT2D eigenvalue weighted by atomic mass is 9.65. The van der Waals surface area contributed by atoms with Crippen molar-refractivity contribution in [3.05, 3.63) is 263 Å². The minimum absolute atomic E-state index is 0.115. The van der Waals surface area contributed by atoms with Gasteiger partial charge in [-0.2, -0.15) is 0 Å². The second kappa shape index (κ2) is 14.3. The van der Waals surface area contributed by atoms with Crippen molar-refractivity contribution >= 4 is 50.4 Å². The summed E-state index contributed by atoms with van der Waals surface area (Å²) in [5.41, 5.74) is 19.5. The van der Waals surface area contributed by atoms with Crippen molar-refractivity contribution in [2.75, 3.05) is 4.90 Å². The Labute approximate surface area is 406 Å². The Bertz CT molecular complexity index is 3830. The predicted octanol–water partition coefficient (Wildman–Crippen LogP) is 17.6. The summed E-state index contributed by atoms with van der Waals surface area (Å²) in [5, 5.41) is 5.00. The fraction of sp³-hybridized carbons (Fsp3) is 0.0909. The summed E-state index contributed by atoms with van der Waals surface area (Å²) < 4.78 is 7.19. The average Bonchev–Trinajstić information content (AvgIpc) is 4.00. The molecule has 10 aromatic rings. The van der Waals surface area contributed by atoms with Crippen LogP contribution in [0.15, 0.2) is 229 Å². The molecule has 2 heterocycles. The molecule has 326 valence electrons. The van der Waals surface area contributed by atoms with Crippen LogP contribution in [-0.4, -0.2) is 5.25 Å². The molecule has 0 amide bonds. The molecule has 3 heteroatoms. The largest absolute Gasteiger partial charge is 0.455 e. The molecule has 0 fully saturated rings. The second-order valence-electron chi connectivity index (χ2n) is 19.8. The lowest BCUT2D eigenvalue weighted by Crippen LogP contribution is -2.32. The molecule has 15 rings (SSSR count). The van der Waals surface area contributed by atoms with Crippen LogP contribution in [-0.2, 0) is 10.8 Å². The van der Waals surface area contributed by atoms with Gasteiger partial charge in [0.1, 0.15) is 11.5 Å². The Morgan fingerprint density at radius 2 is 1.04 bits per heavy atom. The molecule has 0 aromatic heterocycles. The number of benzene rings is 10. The number of fused-ring (bicyclic) bond motifs is 19. The maximum absolute atomic E-state index is 7.19. The summed E-state index contributed by atoms with van der Waals surface area (Å²) in [4.78, 5) is 3.87. The van der Waals surface area contributed by atoms with E-state index >= 15 is 0 Å². The highest BCUT2D eigenvalue weighted by molar-refractivity contribution is 8.00. The molecule has 2 nitrogen and oxygen atoms in total. The summed E-state index contributed by atoms with van der Waals surface area (Å²) in [7, 11) is 0. The molecule has 0 N–H and O–H groups in total.